The second-order valence-corrected chi connectivity index (χ2v) is 10.1. The zero-order chi connectivity index (χ0) is 26.6. The van der Waals surface area contributed by atoms with Crippen LogP contribution in [-0.2, 0) is 24.3 Å². The second-order valence-electron chi connectivity index (χ2n) is 8.18. The molecule has 200 valence electrons. The van der Waals surface area contributed by atoms with Crippen LogP contribution in [0.2, 0.25) is 0 Å². The van der Waals surface area contributed by atoms with Crippen molar-refractivity contribution in [2.75, 3.05) is 45.9 Å². The van der Waals surface area contributed by atoms with Crippen molar-refractivity contribution in [3.8, 4) is 0 Å². The number of carbonyl (C=O) groups is 2. The maximum absolute atomic E-state index is 13.2. The van der Waals surface area contributed by atoms with Crippen molar-refractivity contribution < 1.29 is 41.0 Å². The molecule has 1 aliphatic rings. The van der Waals surface area contributed by atoms with Gasteiger partial charge in [-0.2, -0.15) is 17.5 Å². The molecule has 1 aromatic rings. The summed E-state index contributed by atoms with van der Waals surface area (Å²) in [6.45, 7) is 9.68. The summed E-state index contributed by atoms with van der Waals surface area (Å²) in [5.41, 5.74) is 0.890. The Kier molecular flexibility index (Phi) is 12.6. The number of rotatable bonds is 10. The van der Waals surface area contributed by atoms with Crippen LogP contribution in [0.4, 0.5) is 13.2 Å². The fourth-order valence-electron chi connectivity index (χ4n) is 3.13. The van der Waals surface area contributed by atoms with Gasteiger partial charge in [0.2, 0.25) is 15.9 Å². The maximum atomic E-state index is 13.2. The van der Waals surface area contributed by atoms with Gasteiger partial charge in [-0.1, -0.05) is 12.1 Å². The lowest BCUT2D eigenvalue weighted by molar-refractivity contribution is -0.192. The largest absolute Gasteiger partial charge is 0.490 e. The number of hydrogen-bond donors (Lipinski definition) is 2. The molecule has 0 unspecified atom stereocenters. The number of halogens is 3. The number of hydrogen-bond acceptors (Lipinski definition) is 6. The van der Waals surface area contributed by atoms with E-state index in [0.717, 1.165) is 18.7 Å². The van der Waals surface area contributed by atoms with Gasteiger partial charge in [0.25, 0.3) is 0 Å². The fourth-order valence-corrected chi connectivity index (χ4v) is 4.71. The highest BCUT2D eigenvalue weighted by atomic mass is 32.2. The summed E-state index contributed by atoms with van der Waals surface area (Å²) in [7, 11) is -3.66. The number of alkyl halides is 3. The van der Waals surface area contributed by atoms with Crippen LogP contribution in [0.5, 0.6) is 0 Å². The number of ether oxygens (including phenoxy) is 1. The van der Waals surface area contributed by atoms with E-state index in [0.29, 0.717) is 32.7 Å². The van der Waals surface area contributed by atoms with E-state index in [4.69, 9.17) is 14.6 Å². The number of amides is 1. The lowest BCUT2D eigenvalue weighted by Crippen LogP contribution is -2.47. The van der Waals surface area contributed by atoms with Crippen LogP contribution < -0.4 is 5.32 Å². The van der Waals surface area contributed by atoms with Gasteiger partial charge in [0.15, 0.2) is 0 Å². The molecule has 13 heteroatoms. The van der Waals surface area contributed by atoms with Gasteiger partial charge in [-0.25, -0.2) is 13.2 Å². The quantitative estimate of drug-likeness (QED) is 0.450. The van der Waals surface area contributed by atoms with Crippen molar-refractivity contribution in [1.29, 1.82) is 0 Å². The van der Waals surface area contributed by atoms with E-state index < -0.39 is 22.2 Å². The fraction of sp³-hybridized carbons (Fsp3) is 0.636. The molecule has 0 spiro atoms. The van der Waals surface area contributed by atoms with Crippen molar-refractivity contribution in [3.63, 3.8) is 0 Å². The molecular weight excluding hydrogens is 491 g/mol. The van der Waals surface area contributed by atoms with Gasteiger partial charge in [0.05, 0.1) is 11.0 Å². The lowest BCUT2D eigenvalue weighted by Gasteiger charge is -2.29. The Morgan fingerprint density at radius 2 is 1.80 bits per heavy atom. The molecule has 2 N–H and O–H groups in total. The first-order chi connectivity index (χ1) is 16.2. The SMILES string of the molecule is Cc1cccc(S(=O)(=O)N(CCCOC(C)C)CCC(=O)N2CCNCC2)c1.O=C(O)C(F)(F)F. The van der Waals surface area contributed by atoms with Gasteiger partial charge >= 0.3 is 12.1 Å². The number of carbonyl (C=O) groups excluding carboxylic acids is 1. The van der Waals surface area contributed by atoms with Gasteiger partial charge in [0, 0.05) is 52.3 Å². The van der Waals surface area contributed by atoms with E-state index in [1.807, 2.05) is 26.8 Å². The van der Waals surface area contributed by atoms with E-state index in [9.17, 15) is 26.4 Å². The molecule has 0 aromatic heterocycles. The van der Waals surface area contributed by atoms with Gasteiger partial charge < -0.3 is 20.1 Å². The van der Waals surface area contributed by atoms with Gasteiger partial charge in [-0.15, -0.1) is 0 Å². The Hall–Kier alpha value is -2.22. The van der Waals surface area contributed by atoms with E-state index in [1.54, 1.807) is 23.1 Å². The molecule has 1 aliphatic heterocycles. The summed E-state index contributed by atoms with van der Waals surface area (Å²) in [6, 6.07) is 6.89. The molecule has 1 heterocycles. The van der Waals surface area contributed by atoms with Crippen LogP contribution in [0.1, 0.15) is 32.3 Å². The average Bonchev–Trinajstić information content (AvgIpc) is 2.78. The molecule has 1 fully saturated rings. The van der Waals surface area contributed by atoms with Crippen molar-refractivity contribution in [2.24, 2.45) is 0 Å². The van der Waals surface area contributed by atoms with Crippen molar-refractivity contribution >= 4 is 21.9 Å². The number of piperazine rings is 1. The zero-order valence-electron chi connectivity index (χ0n) is 20.2. The Labute approximate surface area is 204 Å². The predicted molar refractivity (Wildman–Crippen MR) is 123 cm³/mol. The first-order valence-corrected chi connectivity index (χ1v) is 12.7. The Morgan fingerprint density at radius 3 is 2.31 bits per heavy atom. The number of nitrogens with zero attached hydrogens (tertiary/aromatic N) is 2. The molecule has 0 saturated carbocycles. The van der Waals surface area contributed by atoms with Crippen molar-refractivity contribution in [1.82, 2.24) is 14.5 Å². The standard InChI is InChI=1S/C20H33N3O4S.C2HF3O2/c1-17(2)27-15-5-11-23(12-8-20(24)22-13-9-21-10-14-22)28(25,26)19-7-4-6-18(3)16-19;3-2(4,5)1(6)7/h4,6-7,16-17,21H,5,8-15H2,1-3H3;(H,6,7). The third-order valence-electron chi connectivity index (χ3n) is 4.92. The summed E-state index contributed by atoms with van der Waals surface area (Å²) < 4.78 is 65.0. The lowest BCUT2D eigenvalue weighted by atomic mass is 10.2. The van der Waals surface area contributed by atoms with Gasteiger partial charge in [0.1, 0.15) is 0 Å². The molecule has 0 aliphatic carbocycles. The number of aryl methyl sites for hydroxylation is 1. The smallest absolute Gasteiger partial charge is 0.475 e. The van der Waals surface area contributed by atoms with Crippen LogP contribution >= 0.6 is 0 Å². The van der Waals surface area contributed by atoms with E-state index in [1.165, 1.54) is 4.31 Å². The number of carboxylic acids is 1. The molecule has 0 atom stereocenters. The molecule has 9 nitrogen and oxygen atoms in total. The van der Waals surface area contributed by atoms with E-state index >= 15 is 0 Å². The molecule has 35 heavy (non-hydrogen) atoms. The highest BCUT2D eigenvalue weighted by molar-refractivity contribution is 7.89. The Balaban J connectivity index is 0.000000762. The summed E-state index contributed by atoms with van der Waals surface area (Å²) in [4.78, 5) is 23.5. The van der Waals surface area contributed by atoms with E-state index in [-0.39, 0.29) is 29.9 Å². The maximum Gasteiger partial charge on any atom is 0.490 e. The summed E-state index contributed by atoms with van der Waals surface area (Å²) in [5, 5.41) is 10.3. The van der Waals surface area contributed by atoms with Gasteiger partial charge in [-0.3, -0.25) is 4.79 Å². The summed E-state index contributed by atoms with van der Waals surface area (Å²) in [5.74, 6) is -2.75. The summed E-state index contributed by atoms with van der Waals surface area (Å²) >= 11 is 0. The molecule has 1 saturated heterocycles. The van der Waals surface area contributed by atoms with Crippen molar-refractivity contribution in [2.45, 2.75) is 50.8 Å². The first kappa shape index (κ1) is 30.8. The zero-order valence-corrected chi connectivity index (χ0v) is 21.0. The van der Waals surface area contributed by atoms with E-state index in [2.05, 4.69) is 5.32 Å². The van der Waals surface area contributed by atoms with Crippen LogP contribution in [0, 0.1) is 6.92 Å². The normalized spacial score (nSPS) is 14.6. The Bertz CT molecular complexity index is 919. The highest BCUT2D eigenvalue weighted by Gasteiger charge is 2.38. The monoisotopic (exact) mass is 525 g/mol. The van der Waals surface area contributed by atoms with Crippen LogP contribution in [0.15, 0.2) is 29.2 Å². The van der Waals surface area contributed by atoms with Gasteiger partial charge in [-0.05, 0) is 44.9 Å². The summed E-state index contributed by atoms with van der Waals surface area (Å²) in [6.07, 6.45) is -4.20. The highest BCUT2D eigenvalue weighted by Crippen LogP contribution is 2.18. The minimum absolute atomic E-state index is 0.00405. The molecular formula is C22H34F3N3O6S. The Morgan fingerprint density at radius 1 is 1.20 bits per heavy atom. The minimum atomic E-state index is -5.08. The molecule has 0 radical (unpaired) electrons. The predicted octanol–water partition coefficient (Wildman–Crippen LogP) is 2.26. The number of nitrogens with one attached hydrogen (secondary N) is 1. The number of carboxylic acid groups (broad SMARTS) is 1. The van der Waals surface area contributed by atoms with Crippen LogP contribution in [0.25, 0.3) is 0 Å². The number of sulfonamides is 1. The molecule has 1 aromatic carbocycles. The minimum Gasteiger partial charge on any atom is -0.475 e. The second kappa shape index (κ2) is 14.4. The van der Waals surface area contributed by atoms with Crippen LogP contribution in [0.3, 0.4) is 0 Å². The topological polar surface area (TPSA) is 116 Å². The molecule has 0 bridgehead atoms. The average molecular weight is 526 g/mol. The number of benzene rings is 1. The third-order valence-corrected chi connectivity index (χ3v) is 6.81. The molecule has 2 rings (SSSR count). The number of aliphatic carboxylic acids is 1. The van der Waals surface area contributed by atoms with Crippen molar-refractivity contribution in [3.05, 3.63) is 29.8 Å². The van der Waals surface area contributed by atoms with Crippen LogP contribution in [-0.4, -0.2) is 92.8 Å². The third kappa shape index (κ3) is 11.4. The molecule has 1 amide bonds. The first-order valence-electron chi connectivity index (χ1n) is 11.2.